The normalized spacial score (nSPS) is 37.9. The minimum absolute atomic E-state index is 0.482. The number of nitrogens with zero attached hydrogens (tertiary/aromatic N) is 1. The van der Waals surface area contributed by atoms with Gasteiger partial charge in [0.05, 0.1) is 6.10 Å². The molecule has 2 fully saturated rings. The van der Waals surface area contributed by atoms with Crippen molar-refractivity contribution < 1.29 is 4.74 Å². The summed E-state index contributed by atoms with van der Waals surface area (Å²) in [6, 6.07) is 0. The van der Waals surface area contributed by atoms with Crippen LogP contribution >= 0.6 is 0 Å². The molecule has 0 aromatic rings. The van der Waals surface area contributed by atoms with Crippen LogP contribution in [0.15, 0.2) is 0 Å². The van der Waals surface area contributed by atoms with Crippen LogP contribution in [0.5, 0.6) is 0 Å². The molecule has 11 heavy (non-hydrogen) atoms. The van der Waals surface area contributed by atoms with Crippen molar-refractivity contribution in [3.05, 3.63) is 0 Å². The molecule has 2 rings (SSSR count). The first-order valence-corrected chi connectivity index (χ1v) is 4.19. The van der Waals surface area contributed by atoms with Crippen molar-refractivity contribution in [2.75, 3.05) is 26.7 Å². The summed E-state index contributed by atoms with van der Waals surface area (Å²) in [7, 11) is 1.88. The standard InChI is InChI=1S/C7H15N3O/c1-8-9-10-4-6-2-3-11-7(6)5-10/h6-9H,2-5H2,1H3/t6-,7+/m1/s1. The van der Waals surface area contributed by atoms with Crippen LogP contribution in [0, 0.1) is 5.92 Å². The molecule has 0 amide bonds. The topological polar surface area (TPSA) is 36.5 Å². The predicted molar refractivity (Wildman–Crippen MR) is 41.6 cm³/mol. The molecule has 4 nitrogen and oxygen atoms in total. The molecule has 4 heteroatoms. The lowest BCUT2D eigenvalue weighted by Gasteiger charge is -2.16. The Bertz CT molecular complexity index is 130. The molecule has 2 saturated heterocycles. The van der Waals surface area contributed by atoms with Gasteiger partial charge in [0.2, 0.25) is 0 Å². The van der Waals surface area contributed by atoms with E-state index in [-0.39, 0.29) is 0 Å². The average molecular weight is 157 g/mol. The molecule has 2 N–H and O–H groups in total. The quantitative estimate of drug-likeness (QED) is 0.522. The van der Waals surface area contributed by atoms with Crippen LogP contribution in [0.4, 0.5) is 0 Å². The lowest BCUT2D eigenvalue weighted by Crippen LogP contribution is -2.44. The highest BCUT2D eigenvalue weighted by atomic mass is 16.5. The minimum Gasteiger partial charge on any atom is -0.376 e. The number of hydrazine groups is 2. The second-order valence-electron chi connectivity index (χ2n) is 3.22. The van der Waals surface area contributed by atoms with Gasteiger partial charge in [0.15, 0.2) is 0 Å². The summed E-state index contributed by atoms with van der Waals surface area (Å²) in [6.45, 7) is 3.10. The molecular weight excluding hydrogens is 142 g/mol. The van der Waals surface area contributed by atoms with Gasteiger partial charge in [-0.15, -0.1) is 0 Å². The fourth-order valence-corrected chi connectivity index (χ4v) is 1.93. The van der Waals surface area contributed by atoms with Gasteiger partial charge >= 0.3 is 0 Å². The molecule has 0 spiro atoms. The number of hydrogen-bond donors (Lipinski definition) is 2. The third kappa shape index (κ3) is 1.39. The fourth-order valence-electron chi connectivity index (χ4n) is 1.93. The van der Waals surface area contributed by atoms with E-state index in [0.717, 1.165) is 25.6 Å². The van der Waals surface area contributed by atoms with Gasteiger partial charge in [0.1, 0.15) is 0 Å². The van der Waals surface area contributed by atoms with Crippen molar-refractivity contribution in [3.63, 3.8) is 0 Å². The van der Waals surface area contributed by atoms with Crippen LogP contribution in [0.25, 0.3) is 0 Å². The molecule has 0 saturated carbocycles. The van der Waals surface area contributed by atoms with Gasteiger partial charge in [-0.1, -0.05) is 0 Å². The van der Waals surface area contributed by atoms with Gasteiger partial charge < -0.3 is 4.74 Å². The highest BCUT2D eigenvalue weighted by molar-refractivity contribution is 4.86. The van der Waals surface area contributed by atoms with Crippen molar-refractivity contribution in [2.24, 2.45) is 5.92 Å². The number of fused-ring (bicyclic) bond motifs is 1. The van der Waals surface area contributed by atoms with E-state index in [1.54, 1.807) is 0 Å². The van der Waals surface area contributed by atoms with Crippen LogP contribution < -0.4 is 11.0 Å². The monoisotopic (exact) mass is 157 g/mol. The smallest absolute Gasteiger partial charge is 0.0758 e. The van der Waals surface area contributed by atoms with E-state index in [1.807, 2.05) is 7.05 Å². The van der Waals surface area contributed by atoms with E-state index in [1.165, 1.54) is 6.42 Å². The largest absolute Gasteiger partial charge is 0.376 e. The second kappa shape index (κ2) is 3.06. The Labute approximate surface area is 66.8 Å². The molecule has 2 aliphatic heterocycles. The zero-order valence-corrected chi connectivity index (χ0v) is 6.84. The van der Waals surface area contributed by atoms with Crippen molar-refractivity contribution in [3.8, 4) is 0 Å². The number of nitrogens with one attached hydrogen (secondary N) is 2. The maximum absolute atomic E-state index is 5.54. The Morgan fingerprint density at radius 1 is 1.45 bits per heavy atom. The first-order chi connectivity index (χ1) is 5.40. The molecule has 0 radical (unpaired) electrons. The van der Waals surface area contributed by atoms with Gasteiger partial charge in [-0.25, -0.2) is 10.4 Å². The van der Waals surface area contributed by atoms with E-state index in [4.69, 9.17) is 4.74 Å². The summed E-state index contributed by atoms with van der Waals surface area (Å²) in [5, 5.41) is 2.18. The summed E-state index contributed by atoms with van der Waals surface area (Å²) < 4.78 is 5.54. The van der Waals surface area contributed by atoms with E-state index in [9.17, 15) is 0 Å². The highest BCUT2D eigenvalue weighted by Crippen LogP contribution is 2.27. The van der Waals surface area contributed by atoms with Crippen LogP contribution in [0.3, 0.4) is 0 Å². The van der Waals surface area contributed by atoms with Crippen LogP contribution in [0.1, 0.15) is 6.42 Å². The lowest BCUT2D eigenvalue weighted by atomic mass is 10.1. The van der Waals surface area contributed by atoms with Crippen LogP contribution in [-0.4, -0.2) is 37.9 Å². The fraction of sp³-hybridized carbons (Fsp3) is 1.00. The summed E-state index contributed by atoms with van der Waals surface area (Å²) in [5.41, 5.74) is 6.00. The van der Waals surface area contributed by atoms with Crippen LogP contribution in [0.2, 0.25) is 0 Å². The lowest BCUT2D eigenvalue weighted by molar-refractivity contribution is 0.0850. The zero-order valence-electron chi connectivity index (χ0n) is 6.84. The predicted octanol–water partition coefficient (Wildman–Crippen LogP) is -0.654. The number of rotatable bonds is 2. The zero-order chi connectivity index (χ0) is 7.68. The van der Waals surface area contributed by atoms with Gasteiger partial charge in [-0.3, -0.25) is 0 Å². The van der Waals surface area contributed by atoms with Crippen molar-refractivity contribution in [2.45, 2.75) is 12.5 Å². The van der Waals surface area contributed by atoms with Crippen LogP contribution in [-0.2, 0) is 4.74 Å². The maximum atomic E-state index is 5.54. The summed E-state index contributed by atoms with van der Waals surface area (Å²) in [5.74, 6) is 0.760. The highest BCUT2D eigenvalue weighted by Gasteiger charge is 2.36. The molecule has 2 atom stereocenters. The molecule has 0 bridgehead atoms. The third-order valence-corrected chi connectivity index (χ3v) is 2.47. The van der Waals surface area contributed by atoms with E-state index < -0.39 is 0 Å². The first kappa shape index (κ1) is 7.49. The summed E-state index contributed by atoms with van der Waals surface area (Å²) in [4.78, 5) is 0. The van der Waals surface area contributed by atoms with Crippen molar-refractivity contribution in [1.82, 2.24) is 16.0 Å². The first-order valence-electron chi connectivity index (χ1n) is 4.19. The molecular formula is C7H15N3O. The molecule has 64 valence electrons. The van der Waals surface area contributed by atoms with Gasteiger partial charge in [0, 0.05) is 25.6 Å². The van der Waals surface area contributed by atoms with E-state index in [2.05, 4.69) is 16.0 Å². The van der Waals surface area contributed by atoms with Gasteiger partial charge in [0.25, 0.3) is 0 Å². The Morgan fingerprint density at radius 2 is 2.36 bits per heavy atom. The second-order valence-corrected chi connectivity index (χ2v) is 3.22. The molecule has 2 aliphatic rings. The molecule has 0 aromatic heterocycles. The van der Waals surface area contributed by atoms with Crippen molar-refractivity contribution in [1.29, 1.82) is 0 Å². The minimum atomic E-state index is 0.482. The van der Waals surface area contributed by atoms with E-state index >= 15 is 0 Å². The Kier molecular flexibility index (Phi) is 2.09. The molecule has 0 unspecified atom stereocenters. The molecule has 0 aromatic carbocycles. The summed E-state index contributed by atoms with van der Waals surface area (Å²) >= 11 is 0. The van der Waals surface area contributed by atoms with Gasteiger partial charge in [-0.05, 0) is 13.5 Å². The summed E-state index contributed by atoms with van der Waals surface area (Å²) in [6.07, 6.45) is 1.71. The van der Waals surface area contributed by atoms with Crippen molar-refractivity contribution >= 4 is 0 Å². The Morgan fingerprint density at radius 3 is 3.09 bits per heavy atom. The number of ether oxygens (including phenoxy) is 1. The molecule has 0 aliphatic carbocycles. The molecule has 2 heterocycles. The SMILES string of the molecule is CNNN1C[C@H]2CCO[C@H]2C1. The van der Waals surface area contributed by atoms with Gasteiger partial charge in [-0.2, -0.15) is 5.53 Å². The van der Waals surface area contributed by atoms with E-state index in [0.29, 0.717) is 6.10 Å². The number of hydrogen-bond acceptors (Lipinski definition) is 4. The Balaban J connectivity index is 1.84. The Hall–Kier alpha value is -0.160. The third-order valence-electron chi connectivity index (χ3n) is 2.47. The maximum Gasteiger partial charge on any atom is 0.0758 e. The average Bonchev–Trinajstić information content (AvgIpc) is 2.46.